The molecule has 1 heterocycles. The van der Waals surface area contributed by atoms with Crippen molar-refractivity contribution in [3.63, 3.8) is 0 Å². The van der Waals surface area contributed by atoms with E-state index >= 15 is 0 Å². The summed E-state index contributed by atoms with van der Waals surface area (Å²) in [5.41, 5.74) is 2.20. The van der Waals surface area contributed by atoms with Crippen LogP contribution in [-0.4, -0.2) is 38.0 Å². The van der Waals surface area contributed by atoms with E-state index in [2.05, 4.69) is 5.32 Å². The molecule has 23 heavy (non-hydrogen) atoms. The quantitative estimate of drug-likeness (QED) is 0.930. The van der Waals surface area contributed by atoms with Gasteiger partial charge in [-0.25, -0.2) is 4.79 Å². The number of allylic oxidation sites excluding steroid dienone is 1. The second kappa shape index (κ2) is 5.95. The number of amides is 2. The van der Waals surface area contributed by atoms with E-state index < -0.39 is 6.04 Å². The number of nitrogens with one attached hydrogen (secondary N) is 1. The number of benzene rings is 1. The summed E-state index contributed by atoms with van der Waals surface area (Å²) in [5.74, 6) is 1.35. The molecular weight excluding hydrogens is 296 g/mol. The Kier molecular flexibility index (Phi) is 3.98. The SMILES string of the molecule is COc1ccc(OC)c([C@H]2NC(=O)N(C)C3=C2C(=O)CCC3)c1. The highest BCUT2D eigenvalue weighted by molar-refractivity contribution is 6.01. The number of hydrogen-bond acceptors (Lipinski definition) is 4. The maximum atomic E-state index is 12.5. The molecule has 6 heteroatoms. The highest BCUT2D eigenvalue weighted by Gasteiger charge is 2.38. The van der Waals surface area contributed by atoms with Crippen LogP contribution in [0.25, 0.3) is 0 Å². The van der Waals surface area contributed by atoms with Crippen molar-refractivity contribution in [2.75, 3.05) is 21.3 Å². The van der Waals surface area contributed by atoms with Crippen molar-refractivity contribution in [2.45, 2.75) is 25.3 Å². The van der Waals surface area contributed by atoms with Crippen LogP contribution >= 0.6 is 0 Å². The van der Waals surface area contributed by atoms with Crippen molar-refractivity contribution in [3.05, 3.63) is 35.0 Å². The molecule has 1 N–H and O–H groups in total. The monoisotopic (exact) mass is 316 g/mol. The molecule has 3 rings (SSSR count). The molecule has 0 fully saturated rings. The molecule has 1 aliphatic heterocycles. The maximum absolute atomic E-state index is 12.5. The number of rotatable bonds is 3. The predicted molar refractivity (Wildman–Crippen MR) is 84.5 cm³/mol. The third-order valence-corrected chi connectivity index (χ3v) is 4.44. The molecule has 1 atom stereocenters. The predicted octanol–water partition coefficient (Wildman–Crippen LogP) is 2.41. The van der Waals surface area contributed by atoms with Crippen LogP contribution in [0.2, 0.25) is 0 Å². The molecule has 0 spiro atoms. The van der Waals surface area contributed by atoms with E-state index in [-0.39, 0.29) is 11.8 Å². The number of urea groups is 1. The Bertz CT molecular complexity index is 696. The van der Waals surface area contributed by atoms with Gasteiger partial charge in [0.1, 0.15) is 11.5 Å². The Morgan fingerprint density at radius 2 is 1.96 bits per heavy atom. The van der Waals surface area contributed by atoms with E-state index in [1.807, 2.05) is 6.07 Å². The van der Waals surface area contributed by atoms with Crippen molar-refractivity contribution >= 4 is 11.8 Å². The first kappa shape index (κ1) is 15.4. The maximum Gasteiger partial charge on any atom is 0.322 e. The topological polar surface area (TPSA) is 67.9 Å². The first-order valence-electron chi connectivity index (χ1n) is 7.59. The van der Waals surface area contributed by atoms with Crippen LogP contribution in [0.1, 0.15) is 30.9 Å². The summed E-state index contributed by atoms with van der Waals surface area (Å²) in [5, 5.41) is 2.91. The molecular formula is C17H20N2O4. The number of ketones is 1. The Hall–Kier alpha value is -2.50. The lowest BCUT2D eigenvalue weighted by molar-refractivity contribution is -0.116. The Balaban J connectivity index is 2.16. The van der Waals surface area contributed by atoms with Gasteiger partial charge in [-0.1, -0.05) is 0 Å². The fourth-order valence-electron chi connectivity index (χ4n) is 3.24. The smallest absolute Gasteiger partial charge is 0.322 e. The molecule has 0 aromatic heterocycles. The van der Waals surface area contributed by atoms with E-state index in [4.69, 9.17) is 9.47 Å². The van der Waals surface area contributed by atoms with Crippen molar-refractivity contribution in [3.8, 4) is 11.5 Å². The van der Waals surface area contributed by atoms with Gasteiger partial charge in [0.25, 0.3) is 0 Å². The molecule has 2 aliphatic rings. The summed E-state index contributed by atoms with van der Waals surface area (Å²) in [7, 11) is 4.84. The van der Waals surface area contributed by atoms with E-state index in [0.717, 1.165) is 24.1 Å². The van der Waals surface area contributed by atoms with Gasteiger partial charge in [-0.05, 0) is 31.0 Å². The summed E-state index contributed by atoms with van der Waals surface area (Å²) in [6, 6.07) is 4.66. The first-order chi connectivity index (χ1) is 11.1. The van der Waals surface area contributed by atoms with Crippen molar-refractivity contribution in [1.29, 1.82) is 0 Å². The van der Waals surface area contributed by atoms with Crippen LogP contribution in [0, 0.1) is 0 Å². The molecule has 1 aromatic carbocycles. The fourth-order valence-corrected chi connectivity index (χ4v) is 3.24. The molecule has 6 nitrogen and oxygen atoms in total. The number of carbonyl (C=O) groups excluding carboxylic acids is 2. The summed E-state index contributed by atoms with van der Waals surface area (Å²) < 4.78 is 10.7. The van der Waals surface area contributed by atoms with Gasteiger partial charge >= 0.3 is 6.03 Å². The molecule has 1 aliphatic carbocycles. The Morgan fingerprint density at radius 3 is 2.65 bits per heavy atom. The van der Waals surface area contributed by atoms with Crippen LogP contribution in [0.15, 0.2) is 29.5 Å². The van der Waals surface area contributed by atoms with Crippen LogP contribution < -0.4 is 14.8 Å². The summed E-state index contributed by atoms with van der Waals surface area (Å²) in [6.45, 7) is 0. The molecule has 1 aromatic rings. The minimum Gasteiger partial charge on any atom is -0.497 e. The van der Waals surface area contributed by atoms with E-state index in [0.29, 0.717) is 23.5 Å². The van der Waals surface area contributed by atoms with Crippen molar-refractivity contribution in [2.24, 2.45) is 0 Å². The minimum atomic E-state index is -0.508. The second-order valence-electron chi connectivity index (χ2n) is 5.69. The standard InChI is InChI=1S/C17H20N2O4/c1-19-12-5-4-6-13(20)15(12)16(18-17(19)21)11-9-10(22-2)7-8-14(11)23-3/h7-9,16H,4-6H2,1-3H3,(H,18,21)/t16-/m1/s1. The molecule has 0 saturated carbocycles. The van der Waals surface area contributed by atoms with Gasteiger partial charge in [-0.2, -0.15) is 0 Å². The van der Waals surface area contributed by atoms with Gasteiger partial charge in [0.15, 0.2) is 5.78 Å². The van der Waals surface area contributed by atoms with Gasteiger partial charge < -0.3 is 19.7 Å². The minimum absolute atomic E-state index is 0.0768. The van der Waals surface area contributed by atoms with E-state index in [1.54, 1.807) is 33.4 Å². The highest BCUT2D eigenvalue weighted by Crippen LogP contribution is 2.40. The zero-order valence-electron chi connectivity index (χ0n) is 13.5. The molecule has 0 bridgehead atoms. The zero-order chi connectivity index (χ0) is 16.6. The van der Waals surface area contributed by atoms with Crippen LogP contribution in [0.4, 0.5) is 4.79 Å². The fraction of sp³-hybridized carbons (Fsp3) is 0.412. The van der Waals surface area contributed by atoms with Gasteiger partial charge in [-0.15, -0.1) is 0 Å². The van der Waals surface area contributed by atoms with E-state index in [1.165, 1.54) is 4.90 Å². The normalized spacial score (nSPS) is 21.0. The first-order valence-corrected chi connectivity index (χ1v) is 7.59. The van der Waals surface area contributed by atoms with Crippen LogP contribution in [-0.2, 0) is 4.79 Å². The zero-order valence-corrected chi connectivity index (χ0v) is 13.5. The van der Waals surface area contributed by atoms with Gasteiger partial charge in [0, 0.05) is 30.3 Å². The number of hydrogen-bond donors (Lipinski definition) is 1. The Labute approximate surface area is 135 Å². The summed E-state index contributed by atoms with van der Waals surface area (Å²) in [4.78, 5) is 26.3. The summed E-state index contributed by atoms with van der Waals surface area (Å²) >= 11 is 0. The number of methoxy groups -OCH3 is 2. The lowest BCUT2D eigenvalue weighted by Crippen LogP contribution is -2.47. The average molecular weight is 316 g/mol. The largest absolute Gasteiger partial charge is 0.497 e. The van der Waals surface area contributed by atoms with Gasteiger partial charge in [0.2, 0.25) is 0 Å². The number of carbonyl (C=O) groups is 2. The van der Waals surface area contributed by atoms with Crippen LogP contribution in [0.3, 0.4) is 0 Å². The average Bonchev–Trinajstić information content (AvgIpc) is 2.57. The lowest BCUT2D eigenvalue weighted by atomic mass is 9.84. The molecule has 122 valence electrons. The lowest BCUT2D eigenvalue weighted by Gasteiger charge is -2.37. The molecule has 2 amide bonds. The van der Waals surface area contributed by atoms with Gasteiger partial charge in [-0.3, -0.25) is 4.79 Å². The van der Waals surface area contributed by atoms with E-state index in [9.17, 15) is 9.59 Å². The number of Topliss-reactive ketones (excluding diaryl/α,β-unsaturated/α-hetero) is 1. The summed E-state index contributed by atoms with van der Waals surface area (Å²) in [6.07, 6.45) is 2.01. The number of nitrogens with zero attached hydrogens (tertiary/aromatic N) is 1. The highest BCUT2D eigenvalue weighted by atomic mass is 16.5. The molecule has 0 saturated heterocycles. The molecule has 0 unspecified atom stereocenters. The third kappa shape index (κ3) is 2.54. The second-order valence-corrected chi connectivity index (χ2v) is 5.69. The molecule has 0 radical (unpaired) electrons. The van der Waals surface area contributed by atoms with Crippen molar-refractivity contribution in [1.82, 2.24) is 10.2 Å². The third-order valence-electron chi connectivity index (χ3n) is 4.44. The number of ether oxygens (including phenoxy) is 2. The Morgan fingerprint density at radius 1 is 1.17 bits per heavy atom. The van der Waals surface area contributed by atoms with Crippen molar-refractivity contribution < 1.29 is 19.1 Å². The van der Waals surface area contributed by atoms with Gasteiger partial charge in [0.05, 0.1) is 20.3 Å². The van der Waals surface area contributed by atoms with Crippen LogP contribution in [0.5, 0.6) is 11.5 Å².